The molecule has 1 aliphatic rings. The van der Waals surface area contributed by atoms with Crippen molar-refractivity contribution < 1.29 is 0 Å². The van der Waals surface area contributed by atoms with Gasteiger partial charge < -0.3 is 10.6 Å². The lowest BCUT2D eigenvalue weighted by Crippen LogP contribution is -2.39. The lowest BCUT2D eigenvalue weighted by atomic mass is 9.96. The van der Waals surface area contributed by atoms with Crippen molar-refractivity contribution in [3.8, 4) is 0 Å². The highest BCUT2D eigenvalue weighted by Gasteiger charge is 2.22. The van der Waals surface area contributed by atoms with Crippen LogP contribution in [0.5, 0.6) is 0 Å². The first-order valence-electron chi connectivity index (χ1n) is 7.20. The van der Waals surface area contributed by atoms with Crippen LogP contribution in [0.3, 0.4) is 0 Å². The maximum atomic E-state index is 5.94. The highest BCUT2D eigenvalue weighted by molar-refractivity contribution is 5.09. The van der Waals surface area contributed by atoms with Gasteiger partial charge in [0, 0.05) is 19.3 Å². The smallest absolute Gasteiger partial charge is 0.0642 e. The molecule has 0 aromatic carbocycles. The first kappa shape index (κ1) is 14.4. The van der Waals surface area contributed by atoms with Crippen LogP contribution >= 0.6 is 0 Å². The zero-order valence-corrected chi connectivity index (χ0v) is 12.1. The van der Waals surface area contributed by atoms with E-state index >= 15 is 0 Å². The van der Waals surface area contributed by atoms with Crippen LogP contribution in [0.15, 0.2) is 24.4 Å². The van der Waals surface area contributed by atoms with E-state index in [2.05, 4.69) is 34.9 Å². The van der Waals surface area contributed by atoms with E-state index in [0.717, 1.165) is 18.2 Å². The fourth-order valence-corrected chi connectivity index (χ4v) is 2.88. The average Bonchev–Trinajstić information content (AvgIpc) is 2.43. The topological polar surface area (TPSA) is 45.4 Å². The molecule has 1 saturated heterocycles. The quantitative estimate of drug-likeness (QED) is 0.870. The molecule has 1 unspecified atom stereocenters. The van der Waals surface area contributed by atoms with Gasteiger partial charge in [-0.2, -0.15) is 0 Å². The molecule has 4 heteroatoms. The number of hydrogen-bond donors (Lipinski definition) is 1. The van der Waals surface area contributed by atoms with Crippen LogP contribution in [0.1, 0.15) is 24.6 Å². The van der Waals surface area contributed by atoms with E-state index in [-0.39, 0.29) is 6.04 Å². The summed E-state index contributed by atoms with van der Waals surface area (Å²) in [5.41, 5.74) is 7.03. The molecule has 1 aliphatic heterocycles. The Kier molecular flexibility index (Phi) is 5.31. The Morgan fingerprint density at radius 3 is 2.74 bits per heavy atom. The number of hydrogen-bond acceptors (Lipinski definition) is 4. The number of aromatic nitrogens is 1. The molecule has 2 rings (SSSR count). The normalized spacial score (nSPS) is 19.8. The summed E-state index contributed by atoms with van der Waals surface area (Å²) >= 11 is 0. The Bertz CT molecular complexity index is 360. The summed E-state index contributed by atoms with van der Waals surface area (Å²) in [6.45, 7) is 4.18. The molecular weight excluding hydrogens is 236 g/mol. The highest BCUT2D eigenvalue weighted by Crippen LogP contribution is 2.22. The SMILES string of the molecule is CN1CCC(CN(C)C(CN)c2ccccn2)CC1. The van der Waals surface area contributed by atoms with Crippen LogP contribution < -0.4 is 5.73 Å². The van der Waals surface area contributed by atoms with E-state index in [9.17, 15) is 0 Å². The minimum Gasteiger partial charge on any atom is -0.329 e. The zero-order chi connectivity index (χ0) is 13.7. The Labute approximate surface area is 116 Å². The number of nitrogens with two attached hydrogens (primary N) is 1. The van der Waals surface area contributed by atoms with Gasteiger partial charge in [0.1, 0.15) is 0 Å². The van der Waals surface area contributed by atoms with Gasteiger partial charge >= 0.3 is 0 Å². The monoisotopic (exact) mass is 262 g/mol. The third-order valence-corrected chi connectivity index (χ3v) is 4.17. The van der Waals surface area contributed by atoms with Crippen LogP contribution in [0.4, 0.5) is 0 Å². The van der Waals surface area contributed by atoms with Crippen molar-refractivity contribution in [3.05, 3.63) is 30.1 Å². The molecular formula is C15H26N4. The molecule has 0 saturated carbocycles. The minimum absolute atomic E-state index is 0.237. The van der Waals surface area contributed by atoms with Crippen LogP contribution in [-0.4, -0.2) is 55.1 Å². The number of nitrogens with zero attached hydrogens (tertiary/aromatic N) is 3. The second-order valence-electron chi connectivity index (χ2n) is 5.69. The van der Waals surface area contributed by atoms with E-state index in [4.69, 9.17) is 5.73 Å². The summed E-state index contributed by atoms with van der Waals surface area (Å²) in [6, 6.07) is 6.30. The predicted octanol–water partition coefficient (Wildman–Crippen LogP) is 1.35. The number of piperidine rings is 1. The summed E-state index contributed by atoms with van der Waals surface area (Å²) in [5, 5.41) is 0. The van der Waals surface area contributed by atoms with E-state index in [1.165, 1.54) is 25.9 Å². The number of pyridine rings is 1. The maximum Gasteiger partial charge on any atom is 0.0642 e. The first-order chi connectivity index (χ1) is 9.20. The molecule has 0 bridgehead atoms. The molecule has 0 amide bonds. The Hall–Kier alpha value is -0.970. The van der Waals surface area contributed by atoms with E-state index in [1.807, 2.05) is 18.3 Å². The molecule has 4 nitrogen and oxygen atoms in total. The van der Waals surface area contributed by atoms with Gasteiger partial charge in [0.15, 0.2) is 0 Å². The number of likely N-dealkylation sites (tertiary alicyclic amines) is 1. The molecule has 19 heavy (non-hydrogen) atoms. The summed E-state index contributed by atoms with van der Waals surface area (Å²) in [6.07, 6.45) is 4.43. The first-order valence-corrected chi connectivity index (χ1v) is 7.20. The largest absolute Gasteiger partial charge is 0.329 e. The second-order valence-corrected chi connectivity index (χ2v) is 5.69. The van der Waals surface area contributed by atoms with Gasteiger partial charge in [0.25, 0.3) is 0 Å². The van der Waals surface area contributed by atoms with Crippen molar-refractivity contribution in [1.82, 2.24) is 14.8 Å². The van der Waals surface area contributed by atoms with Crippen molar-refractivity contribution in [1.29, 1.82) is 0 Å². The van der Waals surface area contributed by atoms with Crippen molar-refractivity contribution in [2.45, 2.75) is 18.9 Å². The standard InChI is InChI=1S/C15H26N4/c1-18-9-6-13(7-10-18)12-19(2)15(11-16)14-5-3-4-8-17-14/h3-5,8,13,15H,6-7,9-12,16H2,1-2H3. The van der Waals surface area contributed by atoms with Crippen molar-refractivity contribution in [2.75, 3.05) is 40.3 Å². The van der Waals surface area contributed by atoms with Gasteiger partial charge in [-0.1, -0.05) is 6.07 Å². The number of likely N-dealkylation sites (N-methyl/N-ethyl adjacent to an activating group) is 1. The van der Waals surface area contributed by atoms with Crippen LogP contribution in [-0.2, 0) is 0 Å². The average molecular weight is 262 g/mol. The molecule has 0 spiro atoms. The number of rotatable bonds is 5. The van der Waals surface area contributed by atoms with Gasteiger partial charge in [0.2, 0.25) is 0 Å². The molecule has 1 aromatic rings. The summed E-state index contributed by atoms with van der Waals surface area (Å²) < 4.78 is 0. The zero-order valence-electron chi connectivity index (χ0n) is 12.1. The molecule has 2 N–H and O–H groups in total. The Morgan fingerprint density at radius 1 is 1.42 bits per heavy atom. The van der Waals surface area contributed by atoms with Crippen molar-refractivity contribution >= 4 is 0 Å². The lowest BCUT2D eigenvalue weighted by Gasteiger charge is -2.34. The van der Waals surface area contributed by atoms with E-state index < -0.39 is 0 Å². The third kappa shape index (κ3) is 4.00. The highest BCUT2D eigenvalue weighted by atomic mass is 15.2. The predicted molar refractivity (Wildman–Crippen MR) is 78.9 cm³/mol. The Morgan fingerprint density at radius 2 is 2.16 bits per heavy atom. The van der Waals surface area contributed by atoms with Crippen LogP contribution in [0, 0.1) is 5.92 Å². The maximum absolute atomic E-state index is 5.94. The lowest BCUT2D eigenvalue weighted by molar-refractivity contribution is 0.150. The second kappa shape index (κ2) is 6.98. The van der Waals surface area contributed by atoms with E-state index in [1.54, 1.807) is 0 Å². The summed E-state index contributed by atoms with van der Waals surface area (Å²) in [5.74, 6) is 0.791. The van der Waals surface area contributed by atoms with Crippen LogP contribution in [0.25, 0.3) is 0 Å². The molecule has 2 heterocycles. The van der Waals surface area contributed by atoms with Crippen molar-refractivity contribution in [2.24, 2.45) is 11.7 Å². The molecule has 1 aromatic heterocycles. The van der Waals surface area contributed by atoms with Crippen LogP contribution in [0.2, 0.25) is 0 Å². The van der Waals surface area contributed by atoms with Gasteiger partial charge in [0.05, 0.1) is 11.7 Å². The van der Waals surface area contributed by atoms with Crippen molar-refractivity contribution in [3.63, 3.8) is 0 Å². The third-order valence-electron chi connectivity index (χ3n) is 4.17. The van der Waals surface area contributed by atoms with Gasteiger partial charge in [-0.15, -0.1) is 0 Å². The molecule has 1 fully saturated rings. The molecule has 0 radical (unpaired) electrons. The summed E-state index contributed by atoms with van der Waals surface area (Å²) in [7, 11) is 4.38. The molecule has 0 aliphatic carbocycles. The minimum atomic E-state index is 0.237. The Balaban J connectivity index is 1.92. The van der Waals surface area contributed by atoms with Gasteiger partial charge in [-0.25, -0.2) is 0 Å². The fourth-order valence-electron chi connectivity index (χ4n) is 2.88. The fraction of sp³-hybridized carbons (Fsp3) is 0.667. The van der Waals surface area contributed by atoms with E-state index in [0.29, 0.717) is 6.54 Å². The van der Waals surface area contributed by atoms with Gasteiger partial charge in [-0.05, 0) is 58.1 Å². The molecule has 106 valence electrons. The summed E-state index contributed by atoms with van der Waals surface area (Å²) in [4.78, 5) is 9.23. The van der Waals surface area contributed by atoms with Gasteiger partial charge in [-0.3, -0.25) is 9.88 Å². The molecule has 1 atom stereocenters.